The minimum atomic E-state index is -0.194. The smallest absolute Gasteiger partial charge is 0.252 e. The summed E-state index contributed by atoms with van der Waals surface area (Å²) < 4.78 is 12.9. The molecule has 1 aliphatic rings. The van der Waals surface area contributed by atoms with Crippen LogP contribution in [0.3, 0.4) is 0 Å². The highest BCUT2D eigenvalue weighted by atomic mass is 16.5. The van der Waals surface area contributed by atoms with E-state index in [0.29, 0.717) is 24.1 Å². The van der Waals surface area contributed by atoms with Gasteiger partial charge in [0, 0.05) is 29.6 Å². The number of nitrogens with one attached hydrogen (secondary N) is 1. The fourth-order valence-corrected chi connectivity index (χ4v) is 5.35. The van der Waals surface area contributed by atoms with E-state index in [9.17, 15) is 4.79 Å². The van der Waals surface area contributed by atoms with Crippen molar-refractivity contribution >= 4 is 10.9 Å². The van der Waals surface area contributed by atoms with Gasteiger partial charge in [-0.25, -0.2) is 4.68 Å². The van der Waals surface area contributed by atoms with Gasteiger partial charge >= 0.3 is 0 Å². The first kappa shape index (κ1) is 26.1. The quantitative estimate of drug-likeness (QED) is 0.423. The Morgan fingerprint density at radius 1 is 1.11 bits per heavy atom. The van der Waals surface area contributed by atoms with Crippen LogP contribution in [-0.2, 0) is 12.1 Å². The van der Waals surface area contributed by atoms with Gasteiger partial charge in [0.25, 0.3) is 5.56 Å². The van der Waals surface area contributed by atoms with Crippen molar-refractivity contribution in [3.05, 3.63) is 39.9 Å². The Bertz CT molecular complexity index is 1230. The zero-order chi connectivity index (χ0) is 25.9. The highest BCUT2D eigenvalue weighted by Crippen LogP contribution is 2.35. The van der Waals surface area contributed by atoms with Crippen LogP contribution in [-0.4, -0.2) is 50.4 Å². The second-order valence-corrected chi connectivity index (χ2v) is 10.4. The third-order valence-electron chi connectivity index (χ3n) is 7.84. The molecule has 2 aromatic heterocycles. The van der Waals surface area contributed by atoms with E-state index in [1.165, 1.54) is 19.3 Å². The van der Waals surface area contributed by atoms with Gasteiger partial charge in [-0.15, -0.1) is 5.10 Å². The molecule has 0 bridgehead atoms. The van der Waals surface area contributed by atoms with Crippen molar-refractivity contribution in [1.82, 2.24) is 30.1 Å². The molecule has 0 aliphatic heterocycles. The molecule has 3 aromatic rings. The number of fused-ring (bicyclic) bond motifs is 1. The maximum Gasteiger partial charge on any atom is 0.252 e. The van der Waals surface area contributed by atoms with Crippen LogP contribution in [0.2, 0.25) is 0 Å². The molecule has 0 radical (unpaired) electrons. The van der Waals surface area contributed by atoms with Crippen LogP contribution in [0.4, 0.5) is 0 Å². The molecule has 9 heteroatoms. The van der Waals surface area contributed by atoms with Crippen LogP contribution in [0.25, 0.3) is 10.9 Å². The number of ether oxygens (including phenoxy) is 2. The Kier molecular flexibility index (Phi) is 7.97. The van der Waals surface area contributed by atoms with E-state index in [4.69, 9.17) is 9.47 Å². The molecule has 0 saturated heterocycles. The Balaban J connectivity index is 1.77. The summed E-state index contributed by atoms with van der Waals surface area (Å²) in [6, 6.07) is 6.10. The number of benzene rings is 1. The van der Waals surface area contributed by atoms with Gasteiger partial charge in [0.2, 0.25) is 0 Å². The average molecular weight is 497 g/mol. The summed E-state index contributed by atoms with van der Waals surface area (Å²) in [5, 5.41) is 13.9. The first-order valence-electron chi connectivity index (χ1n) is 13.1. The minimum Gasteiger partial charge on any atom is -0.493 e. The predicted molar refractivity (Wildman–Crippen MR) is 141 cm³/mol. The number of hydrogen-bond donors (Lipinski definition) is 1. The number of H-pyrrole nitrogens is 1. The number of aromatic amines is 1. The molecule has 1 atom stereocenters. The summed E-state index contributed by atoms with van der Waals surface area (Å²) in [7, 11) is 3.21. The fraction of sp³-hybridized carbons (Fsp3) is 0.630. The highest BCUT2D eigenvalue weighted by Gasteiger charge is 2.34. The maximum atomic E-state index is 13.3. The Labute approximate surface area is 213 Å². The van der Waals surface area contributed by atoms with Crippen molar-refractivity contribution in [2.24, 2.45) is 0 Å². The fourth-order valence-electron chi connectivity index (χ4n) is 5.35. The minimum absolute atomic E-state index is 0.00873. The van der Waals surface area contributed by atoms with Gasteiger partial charge in [0.05, 0.1) is 31.3 Å². The third kappa shape index (κ3) is 5.12. The molecular formula is C27H40N6O3. The molecule has 4 rings (SSSR count). The molecule has 1 fully saturated rings. The number of nitrogens with zero attached hydrogens (tertiary/aromatic N) is 5. The molecule has 1 aliphatic carbocycles. The van der Waals surface area contributed by atoms with Crippen LogP contribution in [0, 0.1) is 0 Å². The topological polar surface area (TPSA) is 98.2 Å². The van der Waals surface area contributed by atoms with Crippen LogP contribution in [0.1, 0.15) is 90.1 Å². The largest absolute Gasteiger partial charge is 0.493 e. The molecule has 36 heavy (non-hydrogen) atoms. The molecule has 9 nitrogen and oxygen atoms in total. The summed E-state index contributed by atoms with van der Waals surface area (Å²) in [6.07, 6.45) is 7.67. The number of aromatic nitrogens is 5. The number of hydrogen-bond acceptors (Lipinski definition) is 7. The predicted octanol–water partition coefficient (Wildman–Crippen LogP) is 4.96. The second-order valence-electron chi connectivity index (χ2n) is 10.4. The molecular weight excluding hydrogens is 456 g/mol. The SMILES string of the molecule is CC[C@@H](c1nnnn1C(C)(C)CC)N(Cc1cc2cc(OC)c(OC)cc2[nH]c1=O)C1CCCCC1. The van der Waals surface area contributed by atoms with E-state index in [-0.39, 0.29) is 17.1 Å². The van der Waals surface area contributed by atoms with Crippen LogP contribution < -0.4 is 15.0 Å². The van der Waals surface area contributed by atoms with Crippen molar-refractivity contribution < 1.29 is 9.47 Å². The normalized spacial score (nSPS) is 16.0. The first-order chi connectivity index (χ1) is 17.3. The van der Waals surface area contributed by atoms with Crippen molar-refractivity contribution in [1.29, 1.82) is 0 Å². The summed E-state index contributed by atoms with van der Waals surface area (Å²) in [6.45, 7) is 9.20. The Morgan fingerprint density at radius 3 is 2.44 bits per heavy atom. The molecule has 1 aromatic carbocycles. The lowest BCUT2D eigenvalue weighted by Crippen LogP contribution is -2.42. The lowest BCUT2D eigenvalue weighted by atomic mass is 9.91. The number of rotatable bonds is 10. The van der Waals surface area contributed by atoms with Gasteiger partial charge in [-0.05, 0) is 62.1 Å². The number of pyridine rings is 1. The Morgan fingerprint density at radius 2 is 1.81 bits per heavy atom. The van der Waals surface area contributed by atoms with Crippen molar-refractivity contribution in [2.75, 3.05) is 14.2 Å². The lowest BCUT2D eigenvalue weighted by Gasteiger charge is -2.40. The molecule has 0 amide bonds. The molecule has 1 saturated carbocycles. The average Bonchev–Trinajstić information content (AvgIpc) is 3.39. The highest BCUT2D eigenvalue weighted by molar-refractivity contribution is 5.83. The van der Waals surface area contributed by atoms with Gasteiger partial charge in [0.15, 0.2) is 17.3 Å². The summed E-state index contributed by atoms with van der Waals surface area (Å²) in [5.41, 5.74) is 1.18. The zero-order valence-electron chi connectivity index (χ0n) is 22.5. The van der Waals surface area contributed by atoms with E-state index in [1.54, 1.807) is 14.2 Å². The van der Waals surface area contributed by atoms with E-state index >= 15 is 0 Å². The lowest BCUT2D eigenvalue weighted by molar-refractivity contribution is 0.0801. The summed E-state index contributed by atoms with van der Waals surface area (Å²) in [4.78, 5) is 18.8. The van der Waals surface area contributed by atoms with Gasteiger partial charge in [-0.1, -0.05) is 33.1 Å². The molecule has 1 N–H and O–H groups in total. The van der Waals surface area contributed by atoms with Gasteiger partial charge in [-0.3, -0.25) is 9.69 Å². The summed E-state index contributed by atoms with van der Waals surface area (Å²) >= 11 is 0. The molecule has 0 unspecified atom stereocenters. The Hall–Kier alpha value is -2.94. The van der Waals surface area contributed by atoms with E-state index in [2.05, 4.69) is 53.1 Å². The van der Waals surface area contributed by atoms with Crippen LogP contribution in [0.15, 0.2) is 23.0 Å². The van der Waals surface area contributed by atoms with Gasteiger partial charge < -0.3 is 14.5 Å². The third-order valence-corrected chi connectivity index (χ3v) is 7.84. The van der Waals surface area contributed by atoms with E-state index in [1.807, 2.05) is 22.9 Å². The van der Waals surface area contributed by atoms with Crippen LogP contribution >= 0.6 is 0 Å². The monoisotopic (exact) mass is 496 g/mol. The molecule has 2 heterocycles. The van der Waals surface area contributed by atoms with E-state index < -0.39 is 0 Å². The number of methoxy groups -OCH3 is 2. The summed E-state index contributed by atoms with van der Waals surface area (Å²) in [5.74, 6) is 2.10. The van der Waals surface area contributed by atoms with Gasteiger partial charge in [0.1, 0.15) is 0 Å². The maximum absolute atomic E-state index is 13.3. The molecule has 0 spiro atoms. The molecule has 196 valence electrons. The zero-order valence-corrected chi connectivity index (χ0v) is 22.5. The van der Waals surface area contributed by atoms with E-state index in [0.717, 1.165) is 48.0 Å². The van der Waals surface area contributed by atoms with Crippen molar-refractivity contribution in [3.63, 3.8) is 0 Å². The van der Waals surface area contributed by atoms with Crippen LogP contribution in [0.5, 0.6) is 11.5 Å². The van der Waals surface area contributed by atoms with Gasteiger partial charge in [-0.2, -0.15) is 0 Å². The van der Waals surface area contributed by atoms with Crippen molar-refractivity contribution in [2.45, 2.75) is 96.8 Å². The second kappa shape index (κ2) is 11.0. The number of tetrazole rings is 1. The first-order valence-corrected chi connectivity index (χ1v) is 13.1. The van der Waals surface area contributed by atoms with Crippen molar-refractivity contribution in [3.8, 4) is 11.5 Å². The standard InChI is InChI=1S/C27H40N6O3/c1-7-22(25-29-30-31-33(25)27(3,4)8-2)32(20-12-10-9-11-13-20)17-19-14-18-15-23(35-5)24(36-6)16-21(18)28-26(19)34/h14-16,20,22H,7-13,17H2,1-6H3,(H,28,34)/t22-/m0/s1.